The maximum atomic E-state index is 12.5. The van der Waals surface area contributed by atoms with Crippen LogP contribution in [0, 0.1) is 0 Å². The van der Waals surface area contributed by atoms with Crippen LogP contribution in [0.15, 0.2) is 47.8 Å². The van der Waals surface area contributed by atoms with Gasteiger partial charge in [-0.25, -0.2) is 9.59 Å². The summed E-state index contributed by atoms with van der Waals surface area (Å²) in [6.07, 6.45) is 1.68. The van der Waals surface area contributed by atoms with E-state index in [4.69, 9.17) is 9.47 Å². The fraction of sp³-hybridized carbons (Fsp3) is 0.238. The number of esters is 2. The van der Waals surface area contributed by atoms with Crippen LogP contribution < -0.4 is 5.32 Å². The number of rotatable bonds is 8. The Morgan fingerprint density at radius 1 is 1.03 bits per heavy atom. The number of nitrogens with one attached hydrogen (secondary N) is 1. The van der Waals surface area contributed by atoms with Crippen LogP contribution in [0.3, 0.4) is 0 Å². The van der Waals surface area contributed by atoms with Crippen LogP contribution >= 0.6 is 11.8 Å². The summed E-state index contributed by atoms with van der Waals surface area (Å²) in [6.45, 7) is 2.55. The molecule has 0 saturated heterocycles. The van der Waals surface area contributed by atoms with E-state index < -0.39 is 11.9 Å². The number of anilines is 1. The molecule has 0 spiro atoms. The second-order valence-corrected chi connectivity index (χ2v) is 7.33. The molecule has 0 fully saturated rings. The van der Waals surface area contributed by atoms with E-state index in [0.29, 0.717) is 23.2 Å². The van der Waals surface area contributed by atoms with Gasteiger partial charge in [0.25, 0.3) is 0 Å². The van der Waals surface area contributed by atoms with Gasteiger partial charge in [-0.15, -0.1) is 10.2 Å². The van der Waals surface area contributed by atoms with Gasteiger partial charge < -0.3 is 19.4 Å². The first-order valence-corrected chi connectivity index (χ1v) is 10.5. The van der Waals surface area contributed by atoms with Crippen molar-refractivity contribution in [2.75, 3.05) is 25.3 Å². The van der Waals surface area contributed by atoms with Gasteiger partial charge in [-0.3, -0.25) is 9.78 Å². The largest absolute Gasteiger partial charge is 0.465 e. The molecule has 10 nitrogen and oxygen atoms in total. The zero-order chi connectivity index (χ0) is 23.1. The van der Waals surface area contributed by atoms with Crippen molar-refractivity contribution in [3.8, 4) is 11.5 Å². The molecule has 2 aromatic heterocycles. The number of amides is 1. The molecule has 0 bridgehead atoms. The Balaban J connectivity index is 1.73. The molecule has 0 radical (unpaired) electrons. The number of hydrogen-bond acceptors (Lipinski definition) is 9. The number of ether oxygens (including phenoxy) is 2. The topological polar surface area (TPSA) is 125 Å². The van der Waals surface area contributed by atoms with Crippen molar-refractivity contribution >= 4 is 35.3 Å². The molecule has 11 heteroatoms. The smallest absolute Gasteiger partial charge is 0.337 e. The van der Waals surface area contributed by atoms with Crippen LogP contribution in [0.2, 0.25) is 0 Å². The fourth-order valence-corrected chi connectivity index (χ4v) is 3.67. The number of methoxy groups -OCH3 is 2. The summed E-state index contributed by atoms with van der Waals surface area (Å²) in [5, 5.41) is 11.6. The second-order valence-electron chi connectivity index (χ2n) is 6.38. The maximum Gasteiger partial charge on any atom is 0.337 e. The van der Waals surface area contributed by atoms with E-state index in [0.717, 1.165) is 0 Å². The van der Waals surface area contributed by atoms with Crippen LogP contribution in [-0.4, -0.2) is 57.6 Å². The minimum atomic E-state index is -0.640. The molecule has 0 atom stereocenters. The third-order valence-electron chi connectivity index (χ3n) is 4.32. The Hall–Kier alpha value is -3.73. The Bertz CT molecular complexity index is 1100. The summed E-state index contributed by atoms with van der Waals surface area (Å²) < 4.78 is 11.3. The second kappa shape index (κ2) is 10.5. The number of nitrogens with zero attached hydrogens (tertiary/aromatic N) is 4. The highest BCUT2D eigenvalue weighted by molar-refractivity contribution is 7.99. The predicted molar refractivity (Wildman–Crippen MR) is 117 cm³/mol. The van der Waals surface area contributed by atoms with Gasteiger partial charge in [-0.2, -0.15) is 0 Å². The predicted octanol–water partition coefficient (Wildman–Crippen LogP) is 2.66. The van der Waals surface area contributed by atoms with Gasteiger partial charge in [0, 0.05) is 18.4 Å². The van der Waals surface area contributed by atoms with E-state index in [1.54, 1.807) is 6.20 Å². The lowest BCUT2D eigenvalue weighted by atomic mass is 10.1. The molecule has 0 unspecified atom stereocenters. The van der Waals surface area contributed by atoms with Crippen molar-refractivity contribution in [3.05, 3.63) is 53.7 Å². The molecule has 1 amide bonds. The number of hydrogen-bond donors (Lipinski definition) is 1. The fourth-order valence-electron chi connectivity index (χ4n) is 2.86. The minimum absolute atomic E-state index is 0.0381. The quantitative estimate of drug-likeness (QED) is 0.403. The van der Waals surface area contributed by atoms with Crippen LogP contribution in [0.5, 0.6) is 0 Å². The monoisotopic (exact) mass is 455 g/mol. The zero-order valence-corrected chi connectivity index (χ0v) is 18.5. The first kappa shape index (κ1) is 22.9. The first-order valence-electron chi connectivity index (χ1n) is 9.55. The van der Waals surface area contributed by atoms with Crippen molar-refractivity contribution in [2.24, 2.45) is 0 Å². The van der Waals surface area contributed by atoms with Crippen molar-refractivity contribution in [1.29, 1.82) is 0 Å². The summed E-state index contributed by atoms with van der Waals surface area (Å²) in [6, 6.07) is 9.71. The van der Waals surface area contributed by atoms with E-state index in [1.807, 2.05) is 29.7 Å². The number of carbonyl (C=O) groups is 3. The van der Waals surface area contributed by atoms with Crippen molar-refractivity contribution < 1.29 is 23.9 Å². The molecule has 0 aliphatic heterocycles. The van der Waals surface area contributed by atoms with E-state index >= 15 is 0 Å². The molecule has 32 heavy (non-hydrogen) atoms. The minimum Gasteiger partial charge on any atom is -0.465 e. The van der Waals surface area contributed by atoms with Gasteiger partial charge in [0.1, 0.15) is 5.69 Å². The molecule has 2 heterocycles. The molecule has 3 aromatic rings. The van der Waals surface area contributed by atoms with Crippen molar-refractivity contribution in [2.45, 2.75) is 18.6 Å². The van der Waals surface area contributed by atoms with Crippen LogP contribution in [0.4, 0.5) is 5.69 Å². The third kappa shape index (κ3) is 5.30. The highest BCUT2D eigenvalue weighted by Crippen LogP contribution is 2.23. The van der Waals surface area contributed by atoms with E-state index in [9.17, 15) is 14.4 Å². The Labute approximate surface area is 188 Å². The number of pyridine rings is 1. The van der Waals surface area contributed by atoms with Gasteiger partial charge in [0.15, 0.2) is 11.0 Å². The Morgan fingerprint density at radius 3 is 2.28 bits per heavy atom. The van der Waals surface area contributed by atoms with Gasteiger partial charge in [-0.1, -0.05) is 17.8 Å². The molecular weight excluding hydrogens is 434 g/mol. The van der Waals surface area contributed by atoms with Crippen LogP contribution in [0.25, 0.3) is 11.5 Å². The zero-order valence-electron chi connectivity index (χ0n) is 17.7. The van der Waals surface area contributed by atoms with Gasteiger partial charge >= 0.3 is 11.9 Å². The first-order chi connectivity index (χ1) is 15.5. The van der Waals surface area contributed by atoms with Gasteiger partial charge in [0.05, 0.1) is 31.1 Å². The number of thioether (sulfide) groups is 1. The maximum absolute atomic E-state index is 12.5. The summed E-state index contributed by atoms with van der Waals surface area (Å²) in [4.78, 5) is 40.6. The number of aromatic nitrogens is 4. The third-order valence-corrected chi connectivity index (χ3v) is 5.29. The van der Waals surface area contributed by atoms with Crippen LogP contribution in [0.1, 0.15) is 27.6 Å². The summed E-state index contributed by atoms with van der Waals surface area (Å²) in [7, 11) is 2.45. The average molecular weight is 455 g/mol. The lowest BCUT2D eigenvalue weighted by Gasteiger charge is -2.10. The highest BCUT2D eigenvalue weighted by Gasteiger charge is 2.17. The summed E-state index contributed by atoms with van der Waals surface area (Å²) in [5.41, 5.74) is 1.19. The average Bonchev–Trinajstić information content (AvgIpc) is 3.24. The van der Waals surface area contributed by atoms with E-state index in [-0.39, 0.29) is 28.5 Å². The lowest BCUT2D eigenvalue weighted by molar-refractivity contribution is -0.113. The molecule has 0 aliphatic carbocycles. The molecule has 166 valence electrons. The van der Waals surface area contributed by atoms with Gasteiger partial charge in [-0.05, 0) is 37.3 Å². The van der Waals surface area contributed by atoms with Crippen molar-refractivity contribution in [3.63, 3.8) is 0 Å². The molecule has 0 aliphatic rings. The van der Waals surface area contributed by atoms with Gasteiger partial charge in [0.2, 0.25) is 5.91 Å². The number of carbonyl (C=O) groups excluding carboxylic acids is 3. The highest BCUT2D eigenvalue weighted by atomic mass is 32.2. The van der Waals surface area contributed by atoms with Crippen molar-refractivity contribution in [1.82, 2.24) is 19.7 Å². The Morgan fingerprint density at radius 2 is 1.72 bits per heavy atom. The normalized spacial score (nSPS) is 10.5. The molecule has 1 N–H and O–H groups in total. The molecular formula is C21H21N5O5S. The standard InChI is InChI=1S/C21H21N5O5S/c1-4-26-18(16-7-5-6-8-22-16)24-25-21(26)32-12-17(27)23-15-10-13(19(28)30-2)9-14(11-15)20(29)31-3/h5-11H,4,12H2,1-3H3,(H,23,27). The Kier molecular flexibility index (Phi) is 7.55. The summed E-state index contributed by atoms with van der Waals surface area (Å²) >= 11 is 1.21. The lowest BCUT2D eigenvalue weighted by Crippen LogP contribution is -2.16. The van der Waals surface area contributed by atoms with Crippen LogP contribution in [-0.2, 0) is 20.8 Å². The number of benzene rings is 1. The summed E-state index contributed by atoms with van der Waals surface area (Å²) in [5.74, 6) is -0.976. The molecule has 3 rings (SSSR count). The SMILES string of the molecule is CCn1c(SCC(=O)Nc2cc(C(=O)OC)cc(C(=O)OC)c2)nnc1-c1ccccn1. The molecule has 0 saturated carbocycles. The molecule has 1 aromatic carbocycles. The van der Waals surface area contributed by atoms with E-state index in [2.05, 4.69) is 20.5 Å². The van der Waals surface area contributed by atoms with E-state index in [1.165, 1.54) is 44.2 Å².